The molecule has 0 fully saturated rings. The lowest BCUT2D eigenvalue weighted by atomic mass is 10.1. The quantitative estimate of drug-likeness (QED) is 0.814. The second-order valence-electron chi connectivity index (χ2n) is 4.35. The van der Waals surface area contributed by atoms with Gasteiger partial charge in [0.25, 0.3) is 5.91 Å². The number of terminal acetylenes is 1. The zero-order valence-electron chi connectivity index (χ0n) is 11.9. The van der Waals surface area contributed by atoms with E-state index in [0.29, 0.717) is 5.69 Å². The minimum Gasteiger partial charge on any atom is -0.480 e. The Morgan fingerprint density at radius 1 is 1.29 bits per heavy atom. The number of para-hydroxylation sites is 1. The number of anilines is 1. The molecule has 6 heteroatoms. The third kappa shape index (κ3) is 4.08. The Kier molecular flexibility index (Phi) is 5.49. The zero-order valence-corrected chi connectivity index (χ0v) is 11.9. The average Bonchev–Trinajstić information content (AvgIpc) is 2.44. The number of carbonyl (C=O) groups excluding carboxylic acids is 2. The van der Waals surface area contributed by atoms with E-state index in [1.165, 1.54) is 24.9 Å². The summed E-state index contributed by atoms with van der Waals surface area (Å²) in [6.45, 7) is 0.752. The molecule has 0 atom stereocenters. The van der Waals surface area contributed by atoms with Gasteiger partial charge in [-0.05, 0) is 12.1 Å². The van der Waals surface area contributed by atoms with Crippen LogP contribution in [0.4, 0.5) is 5.69 Å². The molecule has 0 bridgehead atoms. The van der Waals surface area contributed by atoms with Gasteiger partial charge in [0, 0.05) is 14.0 Å². The molecule has 1 aromatic carbocycles. The number of nitrogens with zero attached hydrogens (tertiary/aromatic N) is 2. The van der Waals surface area contributed by atoms with Crippen LogP contribution in [0.25, 0.3) is 0 Å². The number of hydrogen-bond donors (Lipinski definition) is 1. The first-order valence-electron chi connectivity index (χ1n) is 6.16. The van der Waals surface area contributed by atoms with Crippen LogP contribution in [-0.4, -0.2) is 47.9 Å². The second kappa shape index (κ2) is 7.10. The Bertz CT molecular complexity index is 604. The lowest BCUT2D eigenvalue weighted by Gasteiger charge is -2.23. The number of aliphatic carboxylic acids is 1. The smallest absolute Gasteiger partial charge is 0.323 e. The van der Waals surface area contributed by atoms with E-state index in [9.17, 15) is 14.4 Å². The number of hydrogen-bond acceptors (Lipinski definition) is 3. The maximum Gasteiger partial charge on any atom is 0.323 e. The third-order valence-corrected chi connectivity index (χ3v) is 2.86. The fraction of sp³-hybridized carbons (Fsp3) is 0.267. The van der Waals surface area contributed by atoms with E-state index in [4.69, 9.17) is 11.5 Å². The van der Waals surface area contributed by atoms with E-state index < -0.39 is 18.4 Å². The Morgan fingerprint density at radius 2 is 1.90 bits per heavy atom. The van der Waals surface area contributed by atoms with Gasteiger partial charge >= 0.3 is 5.97 Å². The van der Waals surface area contributed by atoms with Crippen LogP contribution in [0.1, 0.15) is 17.3 Å². The Labute approximate surface area is 123 Å². The predicted molar refractivity (Wildman–Crippen MR) is 77.9 cm³/mol. The summed E-state index contributed by atoms with van der Waals surface area (Å²) < 4.78 is 0. The van der Waals surface area contributed by atoms with Gasteiger partial charge in [-0.1, -0.05) is 18.1 Å². The van der Waals surface area contributed by atoms with E-state index in [2.05, 4.69) is 5.92 Å². The van der Waals surface area contributed by atoms with Crippen molar-refractivity contribution in [3.63, 3.8) is 0 Å². The van der Waals surface area contributed by atoms with E-state index in [1.54, 1.807) is 18.2 Å². The zero-order chi connectivity index (χ0) is 16.0. The molecule has 0 aromatic heterocycles. The average molecular weight is 288 g/mol. The molecule has 6 nitrogen and oxygen atoms in total. The first kappa shape index (κ1) is 16.2. The van der Waals surface area contributed by atoms with Gasteiger partial charge in [0.05, 0.1) is 17.8 Å². The molecule has 0 aliphatic heterocycles. The molecular formula is C15H16N2O4. The lowest BCUT2D eigenvalue weighted by molar-refractivity contribution is -0.137. The fourth-order valence-electron chi connectivity index (χ4n) is 1.76. The number of carbonyl (C=O) groups is 3. The van der Waals surface area contributed by atoms with Crippen molar-refractivity contribution in [2.75, 3.05) is 25.0 Å². The summed E-state index contributed by atoms with van der Waals surface area (Å²) in [6.07, 6.45) is 5.17. The topological polar surface area (TPSA) is 77.9 Å². The fourth-order valence-corrected chi connectivity index (χ4v) is 1.76. The molecule has 2 amide bonds. The highest BCUT2D eigenvalue weighted by Crippen LogP contribution is 2.21. The van der Waals surface area contributed by atoms with Crippen LogP contribution in [0.2, 0.25) is 0 Å². The van der Waals surface area contributed by atoms with E-state index >= 15 is 0 Å². The van der Waals surface area contributed by atoms with Crippen LogP contribution < -0.4 is 4.90 Å². The summed E-state index contributed by atoms with van der Waals surface area (Å²) in [4.78, 5) is 37.1. The molecule has 1 rings (SSSR count). The minimum atomic E-state index is -1.16. The summed E-state index contributed by atoms with van der Waals surface area (Å²) in [5.41, 5.74) is 0.633. The molecule has 1 aromatic rings. The Balaban J connectivity index is 3.19. The summed E-state index contributed by atoms with van der Waals surface area (Å²) in [5, 5.41) is 8.85. The van der Waals surface area contributed by atoms with Crippen molar-refractivity contribution >= 4 is 23.5 Å². The van der Waals surface area contributed by atoms with Crippen LogP contribution in [0.3, 0.4) is 0 Å². The van der Waals surface area contributed by atoms with E-state index in [0.717, 1.165) is 4.90 Å². The first-order chi connectivity index (χ1) is 9.88. The maximum absolute atomic E-state index is 12.4. The number of carboxylic acid groups (broad SMARTS) is 1. The minimum absolute atomic E-state index is 0.122. The standard InChI is InChI=1S/C15H16N2O4/c1-4-9-17(10-14(19)20)15(21)12-7-5-6-8-13(12)16(3)11(2)18/h1,5-8H,9-10H2,2-3H3,(H,19,20). The number of rotatable bonds is 5. The lowest BCUT2D eigenvalue weighted by Crippen LogP contribution is -2.37. The molecule has 0 unspecified atom stereocenters. The molecule has 0 aliphatic carbocycles. The molecule has 0 aliphatic rings. The number of benzene rings is 1. The van der Waals surface area contributed by atoms with Crippen molar-refractivity contribution in [1.82, 2.24) is 4.90 Å². The molecule has 0 radical (unpaired) electrons. The molecule has 0 saturated heterocycles. The Hall–Kier alpha value is -2.81. The highest BCUT2D eigenvalue weighted by Gasteiger charge is 2.22. The molecule has 1 N–H and O–H groups in total. The van der Waals surface area contributed by atoms with Crippen molar-refractivity contribution in [3.05, 3.63) is 29.8 Å². The van der Waals surface area contributed by atoms with Crippen molar-refractivity contribution in [2.45, 2.75) is 6.92 Å². The van der Waals surface area contributed by atoms with Gasteiger partial charge < -0.3 is 14.9 Å². The van der Waals surface area contributed by atoms with Gasteiger partial charge in [-0.15, -0.1) is 6.42 Å². The van der Waals surface area contributed by atoms with Gasteiger partial charge in [0.15, 0.2) is 0 Å². The summed E-state index contributed by atoms with van der Waals surface area (Å²) >= 11 is 0. The summed E-state index contributed by atoms with van der Waals surface area (Å²) in [5.74, 6) is 0.332. The first-order valence-corrected chi connectivity index (χ1v) is 6.16. The van der Waals surface area contributed by atoms with Crippen molar-refractivity contribution in [3.8, 4) is 12.3 Å². The van der Waals surface area contributed by atoms with Gasteiger partial charge in [0.2, 0.25) is 5.91 Å². The molecule has 0 saturated carbocycles. The SMILES string of the molecule is C#CCN(CC(=O)O)C(=O)c1ccccc1N(C)C(C)=O. The van der Waals surface area contributed by atoms with Crippen LogP contribution in [-0.2, 0) is 9.59 Å². The normalized spacial score (nSPS) is 9.57. The van der Waals surface area contributed by atoms with Crippen LogP contribution >= 0.6 is 0 Å². The van der Waals surface area contributed by atoms with Crippen molar-refractivity contribution < 1.29 is 19.5 Å². The summed E-state index contributed by atoms with van der Waals surface area (Å²) in [7, 11) is 1.54. The van der Waals surface area contributed by atoms with E-state index in [-0.39, 0.29) is 18.0 Å². The van der Waals surface area contributed by atoms with E-state index in [1.807, 2.05) is 0 Å². The van der Waals surface area contributed by atoms with Crippen molar-refractivity contribution in [1.29, 1.82) is 0 Å². The summed E-state index contributed by atoms with van der Waals surface area (Å²) in [6, 6.07) is 6.47. The number of carboxylic acids is 1. The van der Waals surface area contributed by atoms with Crippen molar-refractivity contribution in [2.24, 2.45) is 0 Å². The molecular weight excluding hydrogens is 272 g/mol. The molecule has 21 heavy (non-hydrogen) atoms. The Morgan fingerprint density at radius 3 is 2.43 bits per heavy atom. The van der Waals surface area contributed by atoms with Gasteiger partial charge in [-0.25, -0.2) is 0 Å². The monoisotopic (exact) mass is 288 g/mol. The molecule has 110 valence electrons. The highest BCUT2D eigenvalue weighted by atomic mass is 16.4. The van der Waals surface area contributed by atoms with Gasteiger partial charge in [-0.3, -0.25) is 14.4 Å². The van der Waals surface area contributed by atoms with Crippen LogP contribution in [0.5, 0.6) is 0 Å². The maximum atomic E-state index is 12.4. The molecule has 0 heterocycles. The van der Waals surface area contributed by atoms with Gasteiger partial charge in [-0.2, -0.15) is 0 Å². The largest absolute Gasteiger partial charge is 0.480 e. The van der Waals surface area contributed by atoms with Crippen LogP contribution in [0, 0.1) is 12.3 Å². The molecule has 0 spiro atoms. The third-order valence-electron chi connectivity index (χ3n) is 2.86. The highest BCUT2D eigenvalue weighted by molar-refractivity contribution is 6.04. The van der Waals surface area contributed by atoms with Gasteiger partial charge in [0.1, 0.15) is 6.54 Å². The second-order valence-corrected chi connectivity index (χ2v) is 4.35. The van der Waals surface area contributed by atoms with Crippen LogP contribution in [0.15, 0.2) is 24.3 Å². The predicted octanol–water partition coefficient (Wildman–Crippen LogP) is 0.829. The number of amides is 2.